The van der Waals surface area contributed by atoms with Gasteiger partial charge in [-0.15, -0.1) is 0 Å². The molecule has 0 N–H and O–H groups in total. The Balaban J connectivity index is 0.00000144. The number of rotatable bonds is 2. The molecule has 0 heteroatoms. The molecular formula is C12H22. The lowest BCUT2D eigenvalue weighted by molar-refractivity contribution is 0.356. The van der Waals surface area contributed by atoms with Gasteiger partial charge >= 0.3 is 0 Å². The molecule has 0 saturated heterocycles. The largest absolute Gasteiger partial charge is 0.0914 e. The van der Waals surface area contributed by atoms with E-state index in [0.717, 1.165) is 11.8 Å². The van der Waals surface area contributed by atoms with Gasteiger partial charge in [0.05, 0.1) is 0 Å². The first-order valence-corrected chi connectivity index (χ1v) is 5.12. The lowest BCUT2D eigenvalue weighted by atomic mass is 9.82. The van der Waals surface area contributed by atoms with Crippen LogP contribution in [0.25, 0.3) is 0 Å². The second-order valence-electron chi connectivity index (χ2n) is 3.73. The first-order chi connectivity index (χ1) is 5.86. The minimum absolute atomic E-state index is 0. The lowest BCUT2D eigenvalue weighted by Crippen LogP contribution is -2.10. The predicted octanol–water partition coefficient (Wildman–Crippen LogP) is 4.19. The molecule has 0 heterocycles. The summed E-state index contributed by atoms with van der Waals surface area (Å²) in [6, 6.07) is 0. The van der Waals surface area contributed by atoms with E-state index in [1.54, 1.807) is 0 Å². The molecule has 1 saturated carbocycles. The molecule has 0 unspecified atom stereocenters. The van der Waals surface area contributed by atoms with Crippen molar-refractivity contribution in [3.05, 3.63) is 24.3 Å². The van der Waals surface area contributed by atoms with E-state index < -0.39 is 0 Å². The van der Waals surface area contributed by atoms with Crippen LogP contribution in [0.3, 0.4) is 0 Å². The Kier molecular flexibility index (Phi) is 4.13. The van der Waals surface area contributed by atoms with Gasteiger partial charge in [0.25, 0.3) is 0 Å². The van der Waals surface area contributed by atoms with Crippen LogP contribution in [0.2, 0.25) is 0 Å². The fourth-order valence-electron chi connectivity index (χ4n) is 2.07. The van der Waals surface area contributed by atoms with E-state index in [0.29, 0.717) is 0 Å². The van der Waals surface area contributed by atoms with Crippen molar-refractivity contribution < 1.29 is 1.43 Å². The van der Waals surface area contributed by atoms with Gasteiger partial charge in [0.1, 0.15) is 0 Å². The summed E-state index contributed by atoms with van der Waals surface area (Å²) in [6.07, 6.45) is 14.7. The smallest absolute Gasteiger partial charge is 0 e. The lowest BCUT2D eigenvalue weighted by Gasteiger charge is -2.24. The van der Waals surface area contributed by atoms with Gasteiger partial charge in [-0.05, 0) is 51.4 Å². The van der Waals surface area contributed by atoms with E-state index >= 15 is 0 Å². The van der Waals surface area contributed by atoms with E-state index in [9.17, 15) is 0 Å². The van der Waals surface area contributed by atoms with Crippen LogP contribution in [0, 0.1) is 11.8 Å². The van der Waals surface area contributed by atoms with Crippen molar-refractivity contribution in [3.63, 3.8) is 0 Å². The quantitative estimate of drug-likeness (QED) is 0.539. The first kappa shape index (κ1) is 9.57. The number of hydrogen-bond donors (Lipinski definition) is 0. The maximum Gasteiger partial charge on any atom is 0 e. The summed E-state index contributed by atoms with van der Waals surface area (Å²) in [5.74, 6) is 1.74. The molecule has 0 spiro atoms. The van der Waals surface area contributed by atoms with Crippen molar-refractivity contribution in [2.24, 2.45) is 11.8 Å². The molecule has 1 fully saturated rings. The van der Waals surface area contributed by atoms with E-state index in [1.807, 2.05) is 0 Å². The zero-order valence-corrected chi connectivity index (χ0v) is 8.29. The molecule has 0 nitrogen and oxygen atoms in total. The topological polar surface area (TPSA) is 0 Å². The van der Waals surface area contributed by atoms with E-state index in [1.165, 1.54) is 25.7 Å². The van der Waals surface area contributed by atoms with Crippen LogP contribution in [0.4, 0.5) is 0 Å². The molecule has 70 valence electrons. The second kappa shape index (κ2) is 5.18. The third-order valence-corrected chi connectivity index (χ3v) is 2.75. The Bertz CT molecular complexity index is 142. The fourth-order valence-corrected chi connectivity index (χ4v) is 2.07. The maximum atomic E-state index is 2.37. The zero-order chi connectivity index (χ0) is 8.81. The first-order valence-electron chi connectivity index (χ1n) is 5.12. The summed E-state index contributed by atoms with van der Waals surface area (Å²) < 4.78 is 0. The Hall–Kier alpha value is -0.520. The van der Waals surface area contributed by atoms with E-state index in [4.69, 9.17) is 0 Å². The molecule has 1 aliphatic rings. The van der Waals surface area contributed by atoms with Crippen molar-refractivity contribution in [3.8, 4) is 0 Å². The highest BCUT2D eigenvalue weighted by Gasteiger charge is 2.16. The van der Waals surface area contributed by atoms with Crippen molar-refractivity contribution in [1.82, 2.24) is 0 Å². The maximum absolute atomic E-state index is 2.37. The van der Waals surface area contributed by atoms with Gasteiger partial charge in [-0.1, -0.05) is 24.3 Å². The summed E-state index contributed by atoms with van der Waals surface area (Å²) in [5.41, 5.74) is 0. The summed E-state index contributed by atoms with van der Waals surface area (Å²) in [4.78, 5) is 0. The molecule has 0 atom stereocenters. The molecule has 0 radical (unpaired) electrons. The molecule has 0 aromatic rings. The Morgan fingerprint density at radius 2 is 1.17 bits per heavy atom. The van der Waals surface area contributed by atoms with E-state index in [2.05, 4.69) is 38.2 Å². The van der Waals surface area contributed by atoms with Crippen molar-refractivity contribution in [2.75, 3.05) is 0 Å². The Morgan fingerprint density at radius 1 is 0.833 bits per heavy atom. The van der Waals surface area contributed by atoms with Crippen LogP contribution in [0.5, 0.6) is 0 Å². The molecule has 1 aliphatic carbocycles. The summed E-state index contributed by atoms with van der Waals surface area (Å²) >= 11 is 0. The van der Waals surface area contributed by atoms with Crippen LogP contribution in [-0.2, 0) is 0 Å². The van der Waals surface area contributed by atoms with Crippen LogP contribution >= 0.6 is 0 Å². The predicted molar refractivity (Wildman–Crippen MR) is 57.2 cm³/mol. The molecule has 12 heavy (non-hydrogen) atoms. The monoisotopic (exact) mass is 166 g/mol. The molecule has 0 amide bonds. The van der Waals surface area contributed by atoms with Crippen LogP contribution in [-0.4, -0.2) is 0 Å². The summed E-state index contributed by atoms with van der Waals surface area (Å²) in [6.45, 7) is 4.25. The normalized spacial score (nSPS) is 31.8. The number of hydrogen-bond acceptors (Lipinski definition) is 0. The number of allylic oxidation sites excluding steroid dienone is 4. The minimum atomic E-state index is 0. The van der Waals surface area contributed by atoms with Crippen molar-refractivity contribution in [1.29, 1.82) is 0 Å². The Morgan fingerprint density at radius 3 is 1.42 bits per heavy atom. The van der Waals surface area contributed by atoms with Gasteiger partial charge in [0, 0.05) is 1.43 Å². The van der Waals surface area contributed by atoms with Gasteiger partial charge in [0.2, 0.25) is 0 Å². The zero-order valence-electron chi connectivity index (χ0n) is 8.29. The fraction of sp³-hybridized carbons (Fsp3) is 0.667. The Labute approximate surface area is 77.9 Å². The average molecular weight is 166 g/mol. The third kappa shape index (κ3) is 2.84. The van der Waals surface area contributed by atoms with Crippen LogP contribution in [0.1, 0.15) is 41.0 Å². The molecule has 0 aromatic heterocycles. The summed E-state index contributed by atoms with van der Waals surface area (Å²) in [7, 11) is 0. The molecular weight excluding hydrogens is 144 g/mol. The SMILES string of the molecule is C/C=C/C1CCC(/C=C/C)CC1.[HH]. The third-order valence-electron chi connectivity index (χ3n) is 2.75. The second-order valence-corrected chi connectivity index (χ2v) is 3.73. The molecule has 0 aliphatic heterocycles. The van der Waals surface area contributed by atoms with Gasteiger partial charge in [-0.25, -0.2) is 0 Å². The standard InChI is InChI=1S/C12H20.H2/c1-3-5-11-7-9-12(6-4-2)10-8-11;/h3-6,11-12H,7-10H2,1-2H3;1H/b5-3+,6-4+;. The van der Waals surface area contributed by atoms with Crippen molar-refractivity contribution in [2.45, 2.75) is 39.5 Å². The van der Waals surface area contributed by atoms with Crippen LogP contribution < -0.4 is 0 Å². The van der Waals surface area contributed by atoms with Gasteiger partial charge in [0.15, 0.2) is 0 Å². The minimum Gasteiger partial charge on any atom is -0.0914 e. The molecule has 0 bridgehead atoms. The highest BCUT2D eigenvalue weighted by molar-refractivity contribution is 4.94. The van der Waals surface area contributed by atoms with E-state index in [-0.39, 0.29) is 1.43 Å². The van der Waals surface area contributed by atoms with Gasteiger partial charge < -0.3 is 0 Å². The van der Waals surface area contributed by atoms with Crippen LogP contribution in [0.15, 0.2) is 24.3 Å². The summed E-state index contributed by atoms with van der Waals surface area (Å²) in [5, 5.41) is 0. The van der Waals surface area contributed by atoms with Gasteiger partial charge in [-0.2, -0.15) is 0 Å². The molecule has 1 rings (SSSR count). The average Bonchev–Trinajstić information content (AvgIpc) is 2.09. The van der Waals surface area contributed by atoms with Gasteiger partial charge in [-0.3, -0.25) is 0 Å². The molecule has 0 aromatic carbocycles. The van der Waals surface area contributed by atoms with Crippen molar-refractivity contribution >= 4 is 0 Å². The highest BCUT2D eigenvalue weighted by Crippen LogP contribution is 2.30. The highest BCUT2D eigenvalue weighted by atomic mass is 14.2.